The minimum absolute atomic E-state index is 0.147. The molecule has 0 spiro atoms. The summed E-state index contributed by atoms with van der Waals surface area (Å²) in [6.07, 6.45) is 2.27. The molecule has 1 saturated heterocycles. The smallest absolute Gasteiger partial charge is 0.162 e. The van der Waals surface area contributed by atoms with E-state index in [1.807, 2.05) is 6.07 Å². The summed E-state index contributed by atoms with van der Waals surface area (Å²) in [6, 6.07) is 8.49. The minimum atomic E-state index is 0.147. The van der Waals surface area contributed by atoms with E-state index in [-0.39, 0.29) is 5.75 Å². The number of pyridine rings is 1. The van der Waals surface area contributed by atoms with Gasteiger partial charge in [0.25, 0.3) is 0 Å². The number of aromatic hydroxyl groups is 1. The van der Waals surface area contributed by atoms with E-state index in [4.69, 9.17) is 4.74 Å². The predicted molar refractivity (Wildman–Crippen MR) is 92.9 cm³/mol. The Hall–Kier alpha value is -3.06. The number of aldehydes is 1. The van der Waals surface area contributed by atoms with E-state index in [0.29, 0.717) is 60.1 Å². The highest BCUT2D eigenvalue weighted by molar-refractivity contribution is 5.91. The summed E-state index contributed by atoms with van der Waals surface area (Å²) in [6.45, 7) is 2.67. The van der Waals surface area contributed by atoms with Crippen LogP contribution in [0.1, 0.15) is 10.4 Å². The monoisotopic (exact) mass is 336 g/mol. The number of morpholine rings is 1. The zero-order valence-corrected chi connectivity index (χ0v) is 13.4. The Morgan fingerprint density at radius 1 is 1.16 bits per heavy atom. The number of benzene rings is 1. The Kier molecular flexibility index (Phi) is 3.99. The molecule has 2 aromatic heterocycles. The van der Waals surface area contributed by atoms with Crippen molar-refractivity contribution in [3.63, 3.8) is 0 Å². The van der Waals surface area contributed by atoms with Crippen LogP contribution in [0.2, 0.25) is 0 Å². The summed E-state index contributed by atoms with van der Waals surface area (Å²) in [5, 5.41) is 9.75. The van der Waals surface area contributed by atoms with E-state index in [0.717, 1.165) is 6.29 Å². The van der Waals surface area contributed by atoms with Crippen LogP contribution in [0.3, 0.4) is 0 Å². The number of aromatic nitrogens is 3. The Morgan fingerprint density at radius 3 is 2.76 bits per heavy atom. The number of fused-ring (bicyclic) bond motifs is 1. The second-order valence-electron chi connectivity index (χ2n) is 5.77. The first kappa shape index (κ1) is 15.5. The molecule has 0 amide bonds. The number of hydrogen-bond donors (Lipinski definition) is 1. The minimum Gasteiger partial charge on any atom is -0.508 e. The van der Waals surface area contributed by atoms with Crippen LogP contribution in [0.25, 0.3) is 22.4 Å². The third kappa shape index (κ3) is 3.01. The van der Waals surface area contributed by atoms with Crippen molar-refractivity contribution in [3.8, 4) is 17.1 Å². The number of hydrogen-bond acceptors (Lipinski definition) is 7. The van der Waals surface area contributed by atoms with Gasteiger partial charge >= 0.3 is 0 Å². The lowest BCUT2D eigenvalue weighted by Crippen LogP contribution is -2.37. The van der Waals surface area contributed by atoms with E-state index >= 15 is 0 Å². The molecule has 7 heteroatoms. The quantitative estimate of drug-likeness (QED) is 0.732. The number of carbonyl (C=O) groups excluding carboxylic acids is 1. The van der Waals surface area contributed by atoms with Gasteiger partial charge in [-0.25, -0.2) is 15.0 Å². The Bertz CT molecular complexity index is 939. The lowest BCUT2D eigenvalue weighted by molar-refractivity contribution is 0.112. The number of phenolic OH excluding ortho intramolecular Hbond substituents is 1. The van der Waals surface area contributed by atoms with Gasteiger partial charge in [-0.3, -0.25) is 4.79 Å². The maximum Gasteiger partial charge on any atom is 0.162 e. The number of carbonyl (C=O) groups is 1. The van der Waals surface area contributed by atoms with Crippen LogP contribution in [0.5, 0.6) is 5.75 Å². The molecule has 25 heavy (non-hydrogen) atoms. The molecule has 0 radical (unpaired) electrons. The number of phenols is 1. The van der Waals surface area contributed by atoms with Crippen LogP contribution in [0.4, 0.5) is 5.82 Å². The molecule has 1 aliphatic rings. The largest absolute Gasteiger partial charge is 0.508 e. The normalized spacial score (nSPS) is 14.6. The molecule has 1 aromatic carbocycles. The SMILES string of the molecule is O=Cc1cnc2c(N3CCOCC3)nc(-c3cccc(O)c3)nc2c1. The maximum absolute atomic E-state index is 11.1. The molecule has 4 rings (SSSR count). The first-order valence-corrected chi connectivity index (χ1v) is 8.00. The molecule has 126 valence electrons. The van der Waals surface area contributed by atoms with Gasteiger partial charge in [-0.2, -0.15) is 0 Å². The van der Waals surface area contributed by atoms with E-state index in [1.165, 1.54) is 6.20 Å². The topological polar surface area (TPSA) is 88.4 Å². The number of ether oxygens (including phenoxy) is 1. The standard InChI is InChI=1S/C18H16N4O3/c23-11-12-8-15-16(19-10-12)18(22-4-6-25-7-5-22)21-17(20-15)13-2-1-3-14(24)9-13/h1-3,8-11,24H,4-7H2. The molecule has 0 bridgehead atoms. The molecule has 1 aliphatic heterocycles. The van der Waals surface area contributed by atoms with Gasteiger partial charge in [0.15, 0.2) is 17.9 Å². The molecule has 1 fully saturated rings. The van der Waals surface area contributed by atoms with Crippen molar-refractivity contribution in [2.45, 2.75) is 0 Å². The molecular formula is C18H16N4O3. The van der Waals surface area contributed by atoms with Gasteiger partial charge in [-0.05, 0) is 18.2 Å². The van der Waals surface area contributed by atoms with Crippen molar-refractivity contribution >= 4 is 23.1 Å². The predicted octanol–water partition coefficient (Wildman–Crippen LogP) is 2.05. The van der Waals surface area contributed by atoms with Crippen molar-refractivity contribution in [2.24, 2.45) is 0 Å². The van der Waals surface area contributed by atoms with Crippen LogP contribution >= 0.6 is 0 Å². The van der Waals surface area contributed by atoms with Gasteiger partial charge < -0.3 is 14.7 Å². The lowest BCUT2D eigenvalue weighted by atomic mass is 10.2. The van der Waals surface area contributed by atoms with E-state index in [1.54, 1.807) is 24.3 Å². The van der Waals surface area contributed by atoms with Crippen LogP contribution in [-0.4, -0.2) is 52.6 Å². The highest BCUT2D eigenvalue weighted by Gasteiger charge is 2.19. The number of anilines is 1. The first-order valence-electron chi connectivity index (χ1n) is 8.00. The molecule has 7 nitrogen and oxygen atoms in total. The van der Waals surface area contributed by atoms with Crippen molar-refractivity contribution in [3.05, 3.63) is 42.1 Å². The van der Waals surface area contributed by atoms with E-state index in [2.05, 4.69) is 19.9 Å². The van der Waals surface area contributed by atoms with Gasteiger partial charge in [-0.15, -0.1) is 0 Å². The summed E-state index contributed by atoms with van der Waals surface area (Å²) in [7, 11) is 0. The van der Waals surface area contributed by atoms with Gasteiger partial charge in [0.05, 0.1) is 18.7 Å². The van der Waals surface area contributed by atoms with Gasteiger partial charge in [0.2, 0.25) is 0 Å². The summed E-state index contributed by atoms with van der Waals surface area (Å²) in [5.41, 5.74) is 2.41. The first-order chi connectivity index (χ1) is 12.2. The second kappa shape index (κ2) is 6.45. The van der Waals surface area contributed by atoms with Gasteiger partial charge in [0.1, 0.15) is 11.3 Å². The molecule has 3 heterocycles. The molecular weight excluding hydrogens is 320 g/mol. The van der Waals surface area contributed by atoms with Crippen LogP contribution in [0, 0.1) is 0 Å². The third-order valence-corrected chi connectivity index (χ3v) is 4.09. The summed E-state index contributed by atoms with van der Waals surface area (Å²) >= 11 is 0. The zero-order chi connectivity index (χ0) is 17.2. The summed E-state index contributed by atoms with van der Waals surface area (Å²) < 4.78 is 5.42. The van der Waals surface area contributed by atoms with Crippen molar-refractivity contribution in [2.75, 3.05) is 31.2 Å². The fourth-order valence-corrected chi connectivity index (χ4v) is 2.85. The third-order valence-electron chi connectivity index (χ3n) is 4.09. The average Bonchev–Trinajstić information content (AvgIpc) is 2.67. The van der Waals surface area contributed by atoms with Crippen LogP contribution < -0.4 is 4.90 Å². The van der Waals surface area contributed by atoms with Crippen molar-refractivity contribution in [1.82, 2.24) is 15.0 Å². The Labute approximate surface area is 143 Å². The molecule has 0 aliphatic carbocycles. The highest BCUT2D eigenvalue weighted by atomic mass is 16.5. The molecule has 0 atom stereocenters. The van der Waals surface area contributed by atoms with Crippen molar-refractivity contribution in [1.29, 1.82) is 0 Å². The van der Waals surface area contributed by atoms with E-state index in [9.17, 15) is 9.90 Å². The lowest BCUT2D eigenvalue weighted by Gasteiger charge is -2.28. The fraction of sp³-hybridized carbons (Fsp3) is 0.222. The number of nitrogens with zero attached hydrogens (tertiary/aromatic N) is 4. The fourth-order valence-electron chi connectivity index (χ4n) is 2.85. The Balaban J connectivity index is 1.92. The highest BCUT2D eigenvalue weighted by Crippen LogP contribution is 2.28. The van der Waals surface area contributed by atoms with E-state index < -0.39 is 0 Å². The second-order valence-corrected chi connectivity index (χ2v) is 5.77. The number of rotatable bonds is 3. The molecule has 0 unspecified atom stereocenters. The van der Waals surface area contributed by atoms with Crippen LogP contribution in [0.15, 0.2) is 36.5 Å². The summed E-state index contributed by atoms with van der Waals surface area (Å²) in [5.74, 6) is 1.34. The average molecular weight is 336 g/mol. The van der Waals surface area contributed by atoms with Gasteiger partial charge in [0, 0.05) is 30.4 Å². The summed E-state index contributed by atoms with van der Waals surface area (Å²) in [4.78, 5) is 26.8. The van der Waals surface area contributed by atoms with Gasteiger partial charge in [-0.1, -0.05) is 12.1 Å². The Morgan fingerprint density at radius 2 is 2.00 bits per heavy atom. The molecule has 0 saturated carbocycles. The van der Waals surface area contributed by atoms with Crippen LogP contribution in [-0.2, 0) is 4.74 Å². The zero-order valence-electron chi connectivity index (χ0n) is 13.4. The molecule has 3 aromatic rings. The molecule has 1 N–H and O–H groups in total. The maximum atomic E-state index is 11.1. The van der Waals surface area contributed by atoms with Crippen molar-refractivity contribution < 1.29 is 14.6 Å².